The van der Waals surface area contributed by atoms with Crippen molar-refractivity contribution in [2.75, 3.05) is 18.0 Å². The monoisotopic (exact) mass is 235 g/mol. The number of likely N-dealkylation sites (N-methyl/N-ethyl adjacent to an activating group) is 1. The SMILES string of the molecule is CCc1cccc(CC)c1N(CC)CC(=O)O. The van der Waals surface area contributed by atoms with Crippen molar-refractivity contribution in [3.05, 3.63) is 29.3 Å². The maximum atomic E-state index is 10.9. The first-order valence-electron chi connectivity index (χ1n) is 6.21. The Morgan fingerprint density at radius 1 is 1.18 bits per heavy atom. The highest BCUT2D eigenvalue weighted by molar-refractivity contribution is 5.75. The van der Waals surface area contributed by atoms with Gasteiger partial charge in [-0.25, -0.2) is 0 Å². The van der Waals surface area contributed by atoms with Gasteiger partial charge in [-0.3, -0.25) is 4.79 Å². The van der Waals surface area contributed by atoms with Crippen LogP contribution in [0.3, 0.4) is 0 Å². The molecule has 1 aromatic carbocycles. The van der Waals surface area contributed by atoms with Gasteiger partial charge < -0.3 is 10.0 Å². The molecule has 0 saturated heterocycles. The zero-order valence-corrected chi connectivity index (χ0v) is 10.9. The van der Waals surface area contributed by atoms with Gasteiger partial charge >= 0.3 is 5.97 Å². The standard InChI is InChI=1S/C14H21NO2/c1-4-11-8-7-9-12(5-2)14(11)15(6-3)10-13(16)17/h7-9H,4-6,10H2,1-3H3,(H,16,17). The minimum Gasteiger partial charge on any atom is -0.480 e. The van der Waals surface area contributed by atoms with Gasteiger partial charge in [-0.1, -0.05) is 32.0 Å². The van der Waals surface area contributed by atoms with Crippen LogP contribution >= 0.6 is 0 Å². The van der Waals surface area contributed by atoms with Crippen molar-refractivity contribution in [3.8, 4) is 0 Å². The molecule has 0 heterocycles. The molecule has 3 heteroatoms. The lowest BCUT2D eigenvalue weighted by molar-refractivity contribution is -0.135. The average molecular weight is 235 g/mol. The molecular weight excluding hydrogens is 214 g/mol. The van der Waals surface area contributed by atoms with Gasteiger partial charge in [0.1, 0.15) is 6.54 Å². The van der Waals surface area contributed by atoms with E-state index >= 15 is 0 Å². The van der Waals surface area contributed by atoms with Crippen molar-refractivity contribution in [2.45, 2.75) is 33.6 Å². The number of carbonyl (C=O) groups is 1. The summed E-state index contributed by atoms with van der Waals surface area (Å²) in [6.45, 7) is 6.99. The number of hydrogen-bond acceptors (Lipinski definition) is 2. The van der Waals surface area contributed by atoms with Gasteiger partial charge in [-0.15, -0.1) is 0 Å². The molecule has 94 valence electrons. The Labute approximate surface area is 103 Å². The van der Waals surface area contributed by atoms with Gasteiger partial charge in [0, 0.05) is 12.2 Å². The minimum atomic E-state index is -0.778. The summed E-state index contributed by atoms with van der Waals surface area (Å²) in [6, 6.07) is 6.22. The van der Waals surface area contributed by atoms with Crippen molar-refractivity contribution in [2.24, 2.45) is 0 Å². The van der Waals surface area contributed by atoms with Crippen LogP contribution in [0.2, 0.25) is 0 Å². The van der Waals surface area contributed by atoms with Crippen LogP contribution in [0.15, 0.2) is 18.2 Å². The maximum absolute atomic E-state index is 10.9. The van der Waals surface area contributed by atoms with Crippen molar-refractivity contribution >= 4 is 11.7 Å². The molecule has 0 amide bonds. The zero-order valence-electron chi connectivity index (χ0n) is 10.9. The molecule has 0 aliphatic carbocycles. The normalized spacial score (nSPS) is 10.3. The van der Waals surface area contributed by atoms with E-state index in [-0.39, 0.29) is 6.54 Å². The fraction of sp³-hybridized carbons (Fsp3) is 0.500. The van der Waals surface area contributed by atoms with Crippen molar-refractivity contribution in [1.29, 1.82) is 0 Å². The minimum absolute atomic E-state index is 0.0700. The summed E-state index contributed by atoms with van der Waals surface area (Å²) >= 11 is 0. The summed E-state index contributed by atoms with van der Waals surface area (Å²) in [4.78, 5) is 12.8. The van der Waals surface area contributed by atoms with Crippen molar-refractivity contribution in [3.63, 3.8) is 0 Å². The summed E-state index contributed by atoms with van der Waals surface area (Å²) in [5.74, 6) is -0.778. The molecule has 1 aromatic rings. The van der Waals surface area contributed by atoms with Crippen LogP contribution in [-0.4, -0.2) is 24.2 Å². The number of hydrogen-bond donors (Lipinski definition) is 1. The van der Waals surface area contributed by atoms with E-state index in [1.54, 1.807) is 0 Å². The largest absolute Gasteiger partial charge is 0.480 e. The van der Waals surface area contributed by atoms with Crippen LogP contribution in [0.4, 0.5) is 5.69 Å². The molecule has 0 spiro atoms. The Hall–Kier alpha value is -1.51. The second-order valence-corrected chi connectivity index (χ2v) is 4.04. The Morgan fingerprint density at radius 2 is 1.71 bits per heavy atom. The van der Waals surface area contributed by atoms with Gasteiger partial charge in [0.05, 0.1) is 0 Å². The van der Waals surface area contributed by atoms with Gasteiger partial charge in [0.25, 0.3) is 0 Å². The summed E-state index contributed by atoms with van der Waals surface area (Å²) in [7, 11) is 0. The average Bonchev–Trinajstić information content (AvgIpc) is 2.34. The highest BCUT2D eigenvalue weighted by Crippen LogP contribution is 2.26. The lowest BCUT2D eigenvalue weighted by Crippen LogP contribution is -2.31. The number of benzene rings is 1. The van der Waals surface area contributed by atoms with E-state index in [0.717, 1.165) is 25.1 Å². The molecular formula is C14H21NO2. The number of carboxylic acids is 1. The topological polar surface area (TPSA) is 40.5 Å². The van der Waals surface area contributed by atoms with Crippen molar-refractivity contribution < 1.29 is 9.90 Å². The number of para-hydroxylation sites is 1. The third-order valence-electron chi connectivity index (χ3n) is 2.99. The van der Waals surface area contributed by atoms with Crippen LogP contribution in [0.25, 0.3) is 0 Å². The molecule has 17 heavy (non-hydrogen) atoms. The fourth-order valence-corrected chi connectivity index (χ4v) is 2.13. The summed E-state index contributed by atoms with van der Waals surface area (Å²) in [5, 5.41) is 8.96. The molecule has 1 N–H and O–H groups in total. The second-order valence-electron chi connectivity index (χ2n) is 4.04. The number of carboxylic acid groups (broad SMARTS) is 1. The third kappa shape index (κ3) is 3.22. The van der Waals surface area contributed by atoms with E-state index < -0.39 is 5.97 Å². The van der Waals surface area contributed by atoms with Crippen LogP contribution in [0.5, 0.6) is 0 Å². The highest BCUT2D eigenvalue weighted by Gasteiger charge is 2.15. The van der Waals surface area contributed by atoms with Crippen LogP contribution in [0, 0.1) is 0 Å². The number of rotatable bonds is 6. The summed E-state index contributed by atoms with van der Waals surface area (Å²) in [5.41, 5.74) is 3.57. The smallest absolute Gasteiger partial charge is 0.323 e. The van der Waals surface area contributed by atoms with E-state index in [0.29, 0.717) is 0 Å². The number of aryl methyl sites for hydroxylation is 2. The van der Waals surface area contributed by atoms with Gasteiger partial charge in [0.15, 0.2) is 0 Å². The highest BCUT2D eigenvalue weighted by atomic mass is 16.4. The quantitative estimate of drug-likeness (QED) is 0.824. The second kappa shape index (κ2) is 6.28. The molecule has 0 fully saturated rings. The molecule has 0 aliphatic heterocycles. The first-order valence-corrected chi connectivity index (χ1v) is 6.21. The lowest BCUT2D eigenvalue weighted by Gasteiger charge is -2.26. The van der Waals surface area contributed by atoms with E-state index in [1.807, 2.05) is 11.8 Å². The zero-order chi connectivity index (χ0) is 12.8. The fourth-order valence-electron chi connectivity index (χ4n) is 2.13. The summed E-state index contributed by atoms with van der Waals surface area (Å²) in [6.07, 6.45) is 1.86. The summed E-state index contributed by atoms with van der Waals surface area (Å²) < 4.78 is 0. The molecule has 0 unspecified atom stereocenters. The molecule has 1 rings (SSSR count). The first-order chi connectivity index (χ1) is 8.13. The van der Waals surface area contributed by atoms with E-state index in [1.165, 1.54) is 11.1 Å². The molecule has 0 radical (unpaired) electrons. The molecule has 0 bridgehead atoms. The Kier molecular flexibility index (Phi) is 5.01. The molecule has 0 aromatic heterocycles. The van der Waals surface area contributed by atoms with Crippen LogP contribution in [-0.2, 0) is 17.6 Å². The predicted molar refractivity (Wildman–Crippen MR) is 70.7 cm³/mol. The van der Waals surface area contributed by atoms with Crippen LogP contribution in [0.1, 0.15) is 31.9 Å². The van der Waals surface area contributed by atoms with Gasteiger partial charge in [-0.2, -0.15) is 0 Å². The Morgan fingerprint density at radius 3 is 2.06 bits per heavy atom. The van der Waals surface area contributed by atoms with Gasteiger partial charge in [-0.05, 0) is 30.9 Å². The molecule has 3 nitrogen and oxygen atoms in total. The Balaban J connectivity index is 3.18. The number of nitrogens with zero attached hydrogens (tertiary/aromatic N) is 1. The van der Waals surface area contributed by atoms with Crippen molar-refractivity contribution in [1.82, 2.24) is 0 Å². The van der Waals surface area contributed by atoms with E-state index in [9.17, 15) is 4.79 Å². The first kappa shape index (κ1) is 13.6. The lowest BCUT2D eigenvalue weighted by atomic mass is 10.0. The molecule has 0 saturated carbocycles. The van der Waals surface area contributed by atoms with Gasteiger partial charge in [0.2, 0.25) is 0 Å². The number of aliphatic carboxylic acids is 1. The van der Waals surface area contributed by atoms with E-state index in [2.05, 4.69) is 32.0 Å². The van der Waals surface area contributed by atoms with Crippen LogP contribution < -0.4 is 4.90 Å². The number of anilines is 1. The molecule has 0 aliphatic rings. The Bertz CT molecular complexity index is 366. The molecule has 0 atom stereocenters. The third-order valence-corrected chi connectivity index (χ3v) is 2.99. The predicted octanol–water partition coefficient (Wildman–Crippen LogP) is 2.72. The van der Waals surface area contributed by atoms with E-state index in [4.69, 9.17) is 5.11 Å². The maximum Gasteiger partial charge on any atom is 0.323 e.